The first kappa shape index (κ1) is 14.5. The molecule has 1 amide bonds. The van der Waals surface area contributed by atoms with Gasteiger partial charge < -0.3 is 14.7 Å². The van der Waals surface area contributed by atoms with E-state index < -0.39 is 12.1 Å². The van der Waals surface area contributed by atoms with Crippen LogP contribution < -0.4 is 0 Å². The SMILES string of the molecule is O=C(O)C[C@@H]1CN(C(=O)c2ccc3ccccc3c2)CCO1. The molecule has 3 rings (SSSR count). The van der Waals surface area contributed by atoms with Crippen LogP contribution >= 0.6 is 0 Å². The molecule has 0 spiro atoms. The lowest BCUT2D eigenvalue weighted by atomic mass is 10.1. The molecular weight excluding hydrogens is 282 g/mol. The van der Waals surface area contributed by atoms with Crippen LogP contribution in [0.4, 0.5) is 0 Å². The van der Waals surface area contributed by atoms with Crippen molar-refractivity contribution < 1.29 is 19.4 Å². The third kappa shape index (κ3) is 3.09. The van der Waals surface area contributed by atoms with Gasteiger partial charge in [0.1, 0.15) is 0 Å². The molecule has 1 N–H and O–H groups in total. The maximum absolute atomic E-state index is 12.6. The van der Waals surface area contributed by atoms with Crippen molar-refractivity contribution >= 4 is 22.6 Å². The highest BCUT2D eigenvalue weighted by atomic mass is 16.5. The Kier molecular flexibility index (Phi) is 4.06. The fraction of sp³-hybridized carbons (Fsp3) is 0.294. The number of morpholine rings is 1. The number of hydrogen-bond donors (Lipinski definition) is 1. The van der Waals surface area contributed by atoms with Gasteiger partial charge in [0.05, 0.1) is 19.1 Å². The first-order chi connectivity index (χ1) is 10.6. The number of nitrogens with zero attached hydrogens (tertiary/aromatic N) is 1. The van der Waals surface area contributed by atoms with Crippen LogP contribution in [0.15, 0.2) is 42.5 Å². The summed E-state index contributed by atoms with van der Waals surface area (Å²) in [5, 5.41) is 10.9. The molecule has 2 aromatic rings. The molecule has 0 unspecified atom stereocenters. The second kappa shape index (κ2) is 6.15. The number of amides is 1. The summed E-state index contributed by atoms with van der Waals surface area (Å²) < 4.78 is 5.40. The summed E-state index contributed by atoms with van der Waals surface area (Å²) in [6, 6.07) is 13.5. The number of carboxylic acids is 1. The molecule has 1 heterocycles. The molecule has 22 heavy (non-hydrogen) atoms. The monoisotopic (exact) mass is 299 g/mol. The van der Waals surface area contributed by atoms with Crippen molar-refractivity contribution in [2.45, 2.75) is 12.5 Å². The standard InChI is InChI=1S/C17H17NO4/c19-16(20)10-15-11-18(7-8-22-15)17(21)14-6-5-12-3-1-2-4-13(12)9-14/h1-6,9,15H,7-8,10-11H2,(H,19,20)/t15-/m1/s1. The molecule has 5 heteroatoms. The van der Waals surface area contributed by atoms with E-state index in [1.54, 1.807) is 4.90 Å². The summed E-state index contributed by atoms with van der Waals surface area (Å²) in [5.74, 6) is -0.991. The summed E-state index contributed by atoms with van der Waals surface area (Å²) in [6.07, 6.45) is -0.516. The van der Waals surface area contributed by atoms with Gasteiger partial charge in [0, 0.05) is 18.7 Å². The predicted octanol–water partition coefficient (Wildman–Crippen LogP) is 2.16. The fourth-order valence-electron chi connectivity index (χ4n) is 2.73. The summed E-state index contributed by atoms with van der Waals surface area (Å²) in [5.41, 5.74) is 0.620. The molecule has 1 saturated heterocycles. The Balaban J connectivity index is 1.78. The molecule has 1 aliphatic heterocycles. The van der Waals surface area contributed by atoms with Crippen LogP contribution in [0.25, 0.3) is 10.8 Å². The van der Waals surface area contributed by atoms with Gasteiger partial charge in [-0.2, -0.15) is 0 Å². The van der Waals surface area contributed by atoms with Crippen molar-refractivity contribution in [1.29, 1.82) is 0 Å². The van der Waals surface area contributed by atoms with Crippen LogP contribution in [-0.4, -0.2) is 47.7 Å². The topological polar surface area (TPSA) is 66.8 Å². The zero-order chi connectivity index (χ0) is 15.5. The van der Waals surface area contributed by atoms with Crippen LogP contribution in [0.2, 0.25) is 0 Å². The van der Waals surface area contributed by atoms with Crippen molar-refractivity contribution in [2.75, 3.05) is 19.7 Å². The quantitative estimate of drug-likeness (QED) is 0.943. The van der Waals surface area contributed by atoms with Crippen molar-refractivity contribution in [3.63, 3.8) is 0 Å². The summed E-state index contributed by atoms with van der Waals surface area (Å²) >= 11 is 0. The van der Waals surface area contributed by atoms with Crippen molar-refractivity contribution in [2.24, 2.45) is 0 Å². The Bertz CT molecular complexity index is 713. The molecule has 0 saturated carbocycles. The second-order valence-electron chi connectivity index (χ2n) is 5.40. The minimum atomic E-state index is -0.912. The van der Waals surface area contributed by atoms with Crippen LogP contribution in [0.3, 0.4) is 0 Å². The maximum Gasteiger partial charge on any atom is 0.306 e. The van der Waals surface area contributed by atoms with E-state index in [9.17, 15) is 9.59 Å². The third-order valence-electron chi connectivity index (χ3n) is 3.82. The lowest BCUT2D eigenvalue weighted by Crippen LogP contribution is -2.46. The lowest BCUT2D eigenvalue weighted by Gasteiger charge is -2.32. The van der Waals surface area contributed by atoms with Crippen LogP contribution in [0, 0.1) is 0 Å². The molecular formula is C17H17NO4. The van der Waals surface area contributed by atoms with E-state index in [0.717, 1.165) is 10.8 Å². The zero-order valence-electron chi connectivity index (χ0n) is 12.1. The van der Waals surface area contributed by atoms with Gasteiger partial charge in [-0.1, -0.05) is 30.3 Å². The molecule has 114 valence electrons. The highest BCUT2D eigenvalue weighted by molar-refractivity contribution is 5.98. The molecule has 0 radical (unpaired) electrons. The summed E-state index contributed by atoms with van der Waals surface area (Å²) in [4.78, 5) is 25.0. The predicted molar refractivity (Wildman–Crippen MR) is 81.8 cm³/mol. The van der Waals surface area contributed by atoms with Gasteiger partial charge in [-0.05, 0) is 22.9 Å². The summed E-state index contributed by atoms with van der Waals surface area (Å²) in [7, 11) is 0. The van der Waals surface area contributed by atoms with Gasteiger partial charge in [-0.15, -0.1) is 0 Å². The number of carboxylic acid groups (broad SMARTS) is 1. The number of carbonyl (C=O) groups is 2. The lowest BCUT2D eigenvalue weighted by molar-refractivity contribution is -0.141. The van der Waals surface area contributed by atoms with Gasteiger partial charge in [-0.25, -0.2) is 0 Å². The van der Waals surface area contributed by atoms with Gasteiger partial charge >= 0.3 is 5.97 Å². The van der Waals surface area contributed by atoms with Crippen molar-refractivity contribution in [3.05, 3.63) is 48.0 Å². The van der Waals surface area contributed by atoms with Gasteiger partial charge in [0.25, 0.3) is 5.91 Å². The molecule has 2 aromatic carbocycles. The van der Waals surface area contributed by atoms with E-state index in [2.05, 4.69) is 0 Å². The number of aliphatic carboxylic acids is 1. The van der Waals surface area contributed by atoms with Gasteiger partial charge in [0.2, 0.25) is 0 Å². The van der Waals surface area contributed by atoms with Crippen LogP contribution in [0.1, 0.15) is 16.8 Å². The third-order valence-corrected chi connectivity index (χ3v) is 3.82. The maximum atomic E-state index is 12.6. The van der Waals surface area contributed by atoms with Crippen LogP contribution in [-0.2, 0) is 9.53 Å². The Morgan fingerprint density at radius 2 is 1.95 bits per heavy atom. The van der Waals surface area contributed by atoms with E-state index in [1.165, 1.54) is 0 Å². The average molecular weight is 299 g/mol. The highest BCUT2D eigenvalue weighted by Gasteiger charge is 2.26. The minimum Gasteiger partial charge on any atom is -0.481 e. The van der Waals surface area contributed by atoms with Crippen LogP contribution in [0.5, 0.6) is 0 Å². The minimum absolute atomic E-state index is 0.0792. The molecule has 1 aliphatic rings. The van der Waals surface area contributed by atoms with Crippen molar-refractivity contribution in [1.82, 2.24) is 4.90 Å². The Labute approximate surface area is 128 Å². The van der Waals surface area contributed by atoms with E-state index in [4.69, 9.17) is 9.84 Å². The number of rotatable bonds is 3. The smallest absolute Gasteiger partial charge is 0.306 e. The molecule has 5 nitrogen and oxygen atoms in total. The second-order valence-corrected chi connectivity index (χ2v) is 5.40. The molecule has 1 fully saturated rings. The van der Waals surface area contributed by atoms with E-state index >= 15 is 0 Å². The van der Waals surface area contributed by atoms with Crippen molar-refractivity contribution in [3.8, 4) is 0 Å². The summed E-state index contributed by atoms with van der Waals surface area (Å²) in [6.45, 7) is 1.18. The van der Waals surface area contributed by atoms with Gasteiger partial charge in [-0.3, -0.25) is 9.59 Å². The number of hydrogen-bond acceptors (Lipinski definition) is 3. The number of ether oxygens (including phenoxy) is 1. The zero-order valence-corrected chi connectivity index (χ0v) is 12.1. The highest BCUT2D eigenvalue weighted by Crippen LogP contribution is 2.18. The first-order valence-corrected chi connectivity index (χ1v) is 7.25. The molecule has 0 bridgehead atoms. The largest absolute Gasteiger partial charge is 0.481 e. The Morgan fingerprint density at radius 1 is 1.18 bits per heavy atom. The normalized spacial score (nSPS) is 18.4. The molecule has 1 atom stereocenters. The number of benzene rings is 2. The first-order valence-electron chi connectivity index (χ1n) is 7.25. The Hall–Kier alpha value is -2.40. The average Bonchev–Trinajstić information content (AvgIpc) is 2.53. The Morgan fingerprint density at radius 3 is 2.73 bits per heavy atom. The molecule has 0 aromatic heterocycles. The number of carbonyl (C=O) groups excluding carboxylic acids is 1. The van der Waals surface area contributed by atoms with E-state index in [-0.39, 0.29) is 12.3 Å². The fourth-order valence-corrected chi connectivity index (χ4v) is 2.73. The molecule has 0 aliphatic carbocycles. The van der Waals surface area contributed by atoms with Gasteiger partial charge in [0.15, 0.2) is 0 Å². The number of fused-ring (bicyclic) bond motifs is 1. The van der Waals surface area contributed by atoms with E-state index in [0.29, 0.717) is 25.3 Å². The van der Waals surface area contributed by atoms with E-state index in [1.807, 2.05) is 42.5 Å².